The average molecular weight is 418 g/mol. The number of nitrogens with zero attached hydrogens (tertiary/aromatic N) is 1. The molecule has 2 aromatic heterocycles. The number of nitrogens with two attached hydrogens (primary N) is 1. The molecule has 1 aliphatic rings. The number of hydrogen-bond acceptors (Lipinski definition) is 6. The highest BCUT2D eigenvalue weighted by Crippen LogP contribution is 2.41. The normalized spacial score (nSPS) is 15.2. The third kappa shape index (κ3) is 3.52. The van der Waals surface area contributed by atoms with Gasteiger partial charge in [-0.3, -0.25) is 0 Å². The van der Waals surface area contributed by atoms with E-state index in [9.17, 15) is 4.39 Å². The van der Waals surface area contributed by atoms with Crippen molar-refractivity contribution in [1.29, 1.82) is 0 Å². The van der Waals surface area contributed by atoms with Crippen LogP contribution in [0.1, 0.15) is 30.6 Å². The first-order valence-electron chi connectivity index (χ1n) is 9.25. The second-order valence-electron chi connectivity index (χ2n) is 6.79. The summed E-state index contributed by atoms with van der Waals surface area (Å²) in [6.07, 6.45) is 5.73. The predicted molar refractivity (Wildman–Crippen MR) is 111 cm³/mol. The molecule has 152 valence electrons. The van der Waals surface area contributed by atoms with Gasteiger partial charge in [0.25, 0.3) is 0 Å². The van der Waals surface area contributed by atoms with E-state index in [1.165, 1.54) is 24.8 Å². The fraction of sp³-hybridized carbons (Fsp3) is 0.286. The summed E-state index contributed by atoms with van der Waals surface area (Å²) in [5.74, 6) is 0.331. The van der Waals surface area contributed by atoms with E-state index < -0.39 is 11.9 Å². The molecule has 0 spiro atoms. The van der Waals surface area contributed by atoms with Crippen molar-refractivity contribution < 1.29 is 18.3 Å². The number of ether oxygens (including phenoxy) is 2. The second kappa shape index (κ2) is 7.93. The minimum absolute atomic E-state index is 0.0597. The van der Waals surface area contributed by atoms with Crippen molar-refractivity contribution in [2.24, 2.45) is 0 Å². The van der Waals surface area contributed by atoms with Gasteiger partial charge < -0.3 is 24.9 Å². The molecule has 3 N–H and O–H groups in total. The Hall–Kier alpha value is -2.77. The summed E-state index contributed by atoms with van der Waals surface area (Å²) in [6.45, 7) is 3.45. The van der Waals surface area contributed by atoms with Crippen LogP contribution in [0.2, 0.25) is 5.02 Å². The molecule has 0 aliphatic carbocycles. The van der Waals surface area contributed by atoms with E-state index in [1.807, 2.05) is 0 Å². The molecule has 0 saturated heterocycles. The molecule has 0 radical (unpaired) electrons. The van der Waals surface area contributed by atoms with E-state index in [1.54, 1.807) is 19.4 Å². The lowest BCUT2D eigenvalue weighted by Gasteiger charge is -2.20. The van der Waals surface area contributed by atoms with Crippen LogP contribution in [0.15, 0.2) is 35.1 Å². The van der Waals surface area contributed by atoms with Crippen molar-refractivity contribution in [2.45, 2.75) is 19.4 Å². The van der Waals surface area contributed by atoms with Crippen LogP contribution in [0.25, 0.3) is 16.5 Å². The number of rotatable bonds is 5. The molecule has 0 amide bonds. The van der Waals surface area contributed by atoms with E-state index in [4.69, 9.17) is 31.2 Å². The molecule has 3 aromatic rings. The van der Waals surface area contributed by atoms with Gasteiger partial charge in [0.1, 0.15) is 17.7 Å². The van der Waals surface area contributed by atoms with Gasteiger partial charge in [-0.2, -0.15) is 0 Å². The van der Waals surface area contributed by atoms with Crippen LogP contribution >= 0.6 is 11.6 Å². The quantitative estimate of drug-likeness (QED) is 0.624. The Morgan fingerprint density at radius 1 is 1.38 bits per heavy atom. The third-order valence-corrected chi connectivity index (χ3v) is 5.41. The van der Waals surface area contributed by atoms with Crippen LogP contribution in [0.3, 0.4) is 0 Å². The van der Waals surface area contributed by atoms with Gasteiger partial charge in [-0.25, -0.2) is 9.37 Å². The molecular formula is C21H21ClFN3O3. The van der Waals surface area contributed by atoms with E-state index in [-0.39, 0.29) is 16.6 Å². The summed E-state index contributed by atoms with van der Waals surface area (Å²) in [6, 6.07) is 2.76. The van der Waals surface area contributed by atoms with Gasteiger partial charge in [0.2, 0.25) is 5.75 Å². The summed E-state index contributed by atoms with van der Waals surface area (Å²) >= 11 is 6.18. The highest BCUT2D eigenvalue weighted by atomic mass is 35.5. The Labute approximate surface area is 172 Å². The summed E-state index contributed by atoms with van der Waals surface area (Å²) in [4.78, 5) is 4.28. The SMILES string of the molecule is COc1ccc(F)c(Cl)c1[C@@H](C)Oc1c(N)ncc2c(C3=CCNCC3)coc12. The van der Waals surface area contributed by atoms with Crippen molar-refractivity contribution in [1.82, 2.24) is 10.3 Å². The van der Waals surface area contributed by atoms with Crippen LogP contribution < -0.4 is 20.5 Å². The number of methoxy groups -OCH3 is 1. The number of furan rings is 1. The number of benzene rings is 1. The van der Waals surface area contributed by atoms with Gasteiger partial charge in [0.05, 0.1) is 29.3 Å². The van der Waals surface area contributed by atoms with Crippen LogP contribution in [0, 0.1) is 5.82 Å². The Morgan fingerprint density at radius 3 is 2.93 bits per heavy atom. The zero-order valence-corrected chi connectivity index (χ0v) is 16.8. The van der Waals surface area contributed by atoms with Crippen LogP contribution in [0.5, 0.6) is 11.5 Å². The number of halogens is 2. The number of nitrogens with one attached hydrogen (secondary N) is 1. The number of nitrogen functional groups attached to an aromatic ring is 1. The van der Waals surface area contributed by atoms with Crippen molar-refractivity contribution in [2.75, 3.05) is 25.9 Å². The fourth-order valence-corrected chi connectivity index (χ4v) is 3.86. The molecule has 6 nitrogen and oxygen atoms in total. The maximum atomic E-state index is 14.0. The zero-order valence-electron chi connectivity index (χ0n) is 16.1. The standard InChI is InChI=1S/C21H21ClFN3O3/c1-11(17-16(27-2)4-3-15(23)18(17)22)29-20-19-13(9-26-21(20)24)14(10-28-19)12-5-7-25-8-6-12/h3-5,9-11,25H,6-8H2,1-2H3,(H2,24,26)/t11-/m1/s1. The smallest absolute Gasteiger partial charge is 0.205 e. The number of hydrogen-bond donors (Lipinski definition) is 2. The Bertz CT molecular complexity index is 1100. The van der Waals surface area contributed by atoms with E-state index in [0.717, 1.165) is 30.5 Å². The first kappa shape index (κ1) is 19.5. The Kier molecular flexibility index (Phi) is 5.34. The molecule has 0 bridgehead atoms. The van der Waals surface area contributed by atoms with E-state index in [2.05, 4.69) is 16.4 Å². The molecule has 1 atom stereocenters. The monoisotopic (exact) mass is 417 g/mol. The highest BCUT2D eigenvalue weighted by Gasteiger charge is 2.24. The van der Waals surface area contributed by atoms with E-state index in [0.29, 0.717) is 16.9 Å². The van der Waals surface area contributed by atoms with Crippen molar-refractivity contribution in [3.05, 3.63) is 52.6 Å². The van der Waals surface area contributed by atoms with Crippen molar-refractivity contribution >= 4 is 34.0 Å². The lowest BCUT2D eigenvalue weighted by molar-refractivity contribution is 0.221. The zero-order chi connectivity index (χ0) is 20.5. The minimum Gasteiger partial charge on any atom is -0.496 e. The third-order valence-electron chi connectivity index (χ3n) is 5.02. The number of fused-ring (bicyclic) bond motifs is 1. The van der Waals surface area contributed by atoms with Crippen LogP contribution in [-0.4, -0.2) is 25.2 Å². The van der Waals surface area contributed by atoms with Gasteiger partial charge in [-0.15, -0.1) is 0 Å². The molecule has 3 heterocycles. The predicted octanol–water partition coefficient (Wildman–Crippen LogP) is 4.73. The maximum absolute atomic E-state index is 14.0. The van der Waals surface area contributed by atoms with Gasteiger partial charge >= 0.3 is 0 Å². The first-order valence-corrected chi connectivity index (χ1v) is 9.63. The molecule has 8 heteroatoms. The summed E-state index contributed by atoms with van der Waals surface area (Å²) in [5.41, 5.74) is 9.11. The number of anilines is 1. The maximum Gasteiger partial charge on any atom is 0.205 e. The largest absolute Gasteiger partial charge is 0.496 e. The van der Waals surface area contributed by atoms with Crippen LogP contribution in [0.4, 0.5) is 10.2 Å². The Balaban J connectivity index is 1.75. The minimum atomic E-state index is -0.658. The molecule has 29 heavy (non-hydrogen) atoms. The summed E-state index contributed by atoms with van der Waals surface area (Å²) < 4.78 is 31.2. The van der Waals surface area contributed by atoms with Crippen molar-refractivity contribution in [3.63, 3.8) is 0 Å². The summed E-state index contributed by atoms with van der Waals surface area (Å²) in [5, 5.41) is 4.04. The van der Waals surface area contributed by atoms with Gasteiger partial charge in [0.15, 0.2) is 11.4 Å². The molecule has 4 rings (SSSR count). The van der Waals surface area contributed by atoms with Gasteiger partial charge in [-0.05, 0) is 37.6 Å². The molecule has 0 saturated carbocycles. The number of pyridine rings is 1. The lowest BCUT2D eigenvalue weighted by Crippen LogP contribution is -2.19. The molecular weight excluding hydrogens is 397 g/mol. The first-order chi connectivity index (χ1) is 14.0. The Morgan fingerprint density at radius 2 is 2.21 bits per heavy atom. The topological polar surface area (TPSA) is 82.5 Å². The van der Waals surface area contributed by atoms with Gasteiger partial charge in [-0.1, -0.05) is 17.7 Å². The molecule has 0 fully saturated rings. The average Bonchev–Trinajstić information content (AvgIpc) is 3.16. The van der Waals surface area contributed by atoms with Gasteiger partial charge in [0, 0.05) is 18.3 Å². The molecule has 1 aliphatic heterocycles. The lowest BCUT2D eigenvalue weighted by atomic mass is 10.0. The summed E-state index contributed by atoms with van der Waals surface area (Å²) in [7, 11) is 1.49. The number of aromatic nitrogens is 1. The van der Waals surface area contributed by atoms with Crippen LogP contribution in [-0.2, 0) is 0 Å². The fourth-order valence-electron chi connectivity index (χ4n) is 3.55. The van der Waals surface area contributed by atoms with E-state index >= 15 is 0 Å². The molecule has 1 aromatic carbocycles. The second-order valence-corrected chi connectivity index (χ2v) is 7.16. The highest BCUT2D eigenvalue weighted by molar-refractivity contribution is 6.31. The molecule has 0 unspecified atom stereocenters. The van der Waals surface area contributed by atoms with Crippen molar-refractivity contribution in [3.8, 4) is 11.5 Å².